The number of carboxylic acids is 1. The second-order valence-corrected chi connectivity index (χ2v) is 4.98. The molecule has 0 bridgehead atoms. The van der Waals surface area contributed by atoms with Crippen LogP contribution in [-0.2, 0) is 16.0 Å². The number of carbonyl (C=O) groups excluding carboxylic acids is 1. The monoisotopic (exact) mass is 298 g/mol. The van der Waals surface area contributed by atoms with E-state index in [0.29, 0.717) is 5.56 Å². The van der Waals surface area contributed by atoms with Gasteiger partial charge in [-0.2, -0.15) is 0 Å². The maximum Gasteiger partial charge on any atom is 0.326 e. The normalized spacial score (nSPS) is 13.1. The lowest BCUT2D eigenvalue weighted by Gasteiger charge is -2.18. The third kappa shape index (κ3) is 4.17. The Morgan fingerprint density at radius 3 is 2.09 bits per heavy atom. The Kier molecular flexibility index (Phi) is 5.27. The van der Waals surface area contributed by atoms with E-state index in [1.54, 1.807) is 24.3 Å². The van der Waals surface area contributed by atoms with Crippen LogP contribution in [0.5, 0.6) is 0 Å². The van der Waals surface area contributed by atoms with E-state index in [1.807, 2.05) is 36.4 Å². The number of hydrogen-bond acceptors (Lipinski definition) is 3. The number of nitrogens with two attached hydrogens (primary N) is 1. The fraction of sp³-hybridized carbons (Fsp3) is 0.176. The molecule has 5 nitrogen and oxygen atoms in total. The SMILES string of the molecule is NC(C(=O)N[C@@H](Cc1ccccc1)C(=O)O)c1ccccc1. The zero-order valence-electron chi connectivity index (χ0n) is 12.0. The Bertz CT molecular complexity index is 629. The van der Waals surface area contributed by atoms with Crippen LogP contribution < -0.4 is 11.1 Å². The standard InChI is InChI=1S/C17H18N2O3/c18-15(13-9-5-2-6-10-13)16(20)19-14(17(21)22)11-12-7-3-1-4-8-12/h1-10,14-15H,11,18H2,(H,19,20)(H,21,22)/t14-,15?/m0/s1. The van der Waals surface area contributed by atoms with Crippen molar-refractivity contribution in [1.82, 2.24) is 5.32 Å². The Hall–Kier alpha value is -2.66. The van der Waals surface area contributed by atoms with Gasteiger partial charge in [0, 0.05) is 6.42 Å². The lowest BCUT2D eigenvalue weighted by Crippen LogP contribution is -2.46. The molecule has 0 spiro atoms. The summed E-state index contributed by atoms with van der Waals surface area (Å²) in [6, 6.07) is 16.1. The van der Waals surface area contributed by atoms with Crippen LogP contribution in [0.3, 0.4) is 0 Å². The van der Waals surface area contributed by atoms with E-state index in [9.17, 15) is 14.7 Å². The number of amides is 1. The van der Waals surface area contributed by atoms with Gasteiger partial charge in [0.2, 0.25) is 5.91 Å². The summed E-state index contributed by atoms with van der Waals surface area (Å²) in [5.41, 5.74) is 7.35. The molecule has 0 aliphatic carbocycles. The maximum absolute atomic E-state index is 12.1. The molecule has 2 aromatic carbocycles. The van der Waals surface area contributed by atoms with Gasteiger partial charge in [-0.1, -0.05) is 60.7 Å². The lowest BCUT2D eigenvalue weighted by atomic mass is 10.0. The van der Waals surface area contributed by atoms with Gasteiger partial charge >= 0.3 is 5.97 Å². The fourth-order valence-corrected chi connectivity index (χ4v) is 2.12. The second-order valence-electron chi connectivity index (χ2n) is 4.98. The van der Waals surface area contributed by atoms with Crippen LogP contribution in [0.15, 0.2) is 60.7 Å². The molecule has 0 saturated carbocycles. The Labute approximate surface area is 128 Å². The molecule has 0 fully saturated rings. The van der Waals surface area contributed by atoms with Crippen molar-refractivity contribution in [1.29, 1.82) is 0 Å². The third-order valence-electron chi connectivity index (χ3n) is 3.34. The molecule has 0 saturated heterocycles. The van der Waals surface area contributed by atoms with Crippen molar-refractivity contribution in [3.8, 4) is 0 Å². The number of hydrogen-bond donors (Lipinski definition) is 3. The van der Waals surface area contributed by atoms with Gasteiger partial charge in [0.05, 0.1) is 0 Å². The molecule has 114 valence electrons. The van der Waals surface area contributed by atoms with E-state index in [2.05, 4.69) is 5.32 Å². The molecular weight excluding hydrogens is 280 g/mol. The number of nitrogens with one attached hydrogen (secondary N) is 1. The lowest BCUT2D eigenvalue weighted by molar-refractivity contribution is -0.142. The summed E-state index contributed by atoms with van der Waals surface area (Å²) in [6.45, 7) is 0. The highest BCUT2D eigenvalue weighted by atomic mass is 16.4. The third-order valence-corrected chi connectivity index (χ3v) is 3.34. The van der Waals surface area contributed by atoms with Crippen LogP contribution in [0, 0.1) is 0 Å². The first-order chi connectivity index (χ1) is 10.6. The average Bonchev–Trinajstić information content (AvgIpc) is 2.55. The van der Waals surface area contributed by atoms with Gasteiger partial charge in [-0.15, -0.1) is 0 Å². The highest BCUT2D eigenvalue weighted by Crippen LogP contribution is 2.10. The van der Waals surface area contributed by atoms with Crippen LogP contribution >= 0.6 is 0 Å². The van der Waals surface area contributed by atoms with Crippen LogP contribution in [0.25, 0.3) is 0 Å². The van der Waals surface area contributed by atoms with E-state index in [-0.39, 0.29) is 6.42 Å². The summed E-state index contributed by atoms with van der Waals surface area (Å²) >= 11 is 0. The Morgan fingerprint density at radius 2 is 1.55 bits per heavy atom. The Balaban J connectivity index is 2.04. The number of benzene rings is 2. The summed E-state index contributed by atoms with van der Waals surface area (Å²) < 4.78 is 0. The first kappa shape index (κ1) is 15.7. The van der Waals surface area contributed by atoms with Crippen molar-refractivity contribution in [2.75, 3.05) is 0 Å². The zero-order chi connectivity index (χ0) is 15.9. The van der Waals surface area contributed by atoms with Gasteiger partial charge in [0.25, 0.3) is 0 Å². The number of carbonyl (C=O) groups is 2. The highest BCUT2D eigenvalue weighted by Gasteiger charge is 2.24. The van der Waals surface area contributed by atoms with Gasteiger partial charge < -0.3 is 16.2 Å². The van der Waals surface area contributed by atoms with Gasteiger partial charge in [-0.05, 0) is 11.1 Å². The zero-order valence-corrected chi connectivity index (χ0v) is 12.0. The van der Waals surface area contributed by atoms with Crippen LogP contribution in [0.1, 0.15) is 17.2 Å². The van der Waals surface area contributed by atoms with Crippen LogP contribution in [-0.4, -0.2) is 23.0 Å². The maximum atomic E-state index is 12.1. The average molecular weight is 298 g/mol. The molecule has 2 atom stereocenters. The largest absolute Gasteiger partial charge is 0.480 e. The number of carboxylic acid groups (broad SMARTS) is 1. The van der Waals surface area contributed by atoms with E-state index in [0.717, 1.165) is 5.56 Å². The first-order valence-electron chi connectivity index (χ1n) is 6.95. The predicted octanol–water partition coefficient (Wildman–Crippen LogP) is 1.50. The fourth-order valence-electron chi connectivity index (χ4n) is 2.12. The molecular formula is C17H18N2O3. The number of aliphatic carboxylic acids is 1. The molecule has 0 heterocycles. The van der Waals surface area contributed by atoms with Crippen molar-refractivity contribution >= 4 is 11.9 Å². The summed E-state index contributed by atoms with van der Waals surface area (Å²) in [5.74, 6) is -1.59. The molecule has 0 radical (unpaired) electrons. The van der Waals surface area contributed by atoms with Crippen LogP contribution in [0.4, 0.5) is 0 Å². The van der Waals surface area contributed by atoms with Crippen molar-refractivity contribution in [3.05, 3.63) is 71.8 Å². The molecule has 4 N–H and O–H groups in total. The van der Waals surface area contributed by atoms with E-state index >= 15 is 0 Å². The predicted molar refractivity (Wildman–Crippen MR) is 83.1 cm³/mol. The summed E-state index contributed by atoms with van der Waals surface area (Å²) in [5, 5.41) is 11.8. The minimum absolute atomic E-state index is 0.212. The van der Waals surface area contributed by atoms with Crippen LogP contribution in [0.2, 0.25) is 0 Å². The second kappa shape index (κ2) is 7.38. The topological polar surface area (TPSA) is 92.4 Å². The Morgan fingerprint density at radius 1 is 1.00 bits per heavy atom. The molecule has 0 aliphatic rings. The smallest absolute Gasteiger partial charge is 0.326 e. The van der Waals surface area contributed by atoms with E-state index < -0.39 is 24.0 Å². The van der Waals surface area contributed by atoms with E-state index in [1.165, 1.54) is 0 Å². The number of rotatable bonds is 6. The molecule has 1 amide bonds. The quantitative estimate of drug-likeness (QED) is 0.753. The van der Waals surface area contributed by atoms with Crippen molar-refractivity contribution in [2.24, 2.45) is 5.73 Å². The summed E-state index contributed by atoms with van der Waals surface area (Å²) in [7, 11) is 0. The van der Waals surface area contributed by atoms with Gasteiger partial charge in [0.1, 0.15) is 12.1 Å². The molecule has 22 heavy (non-hydrogen) atoms. The molecule has 2 rings (SSSR count). The highest BCUT2D eigenvalue weighted by molar-refractivity contribution is 5.87. The molecule has 0 aliphatic heterocycles. The summed E-state index contributed by atoms with van der Waals surface area (Å²) in [4.78, 5) is 23.5. The van der Waals surface area contributed by atoms with Crippen molar-refractivity contribution in [3.63, 3.8) is 0 Å². The molecule has 5 heteroatoms. The van der Waals surface area contributed by atoms with Crippen molar-refractivity contribution in [2.45, 2.75) is 18.5 Å². The molecule has 2 aromatic rings. The molecule has 0 aromatic heterocycles. The van der Waals surface area contributed by atoms with Gasteiger partial charge in [0.15, 0.2) is 0 Å². The van der Waals surface area contributed by atoms with Gasteiger partial charge in [-0.3, -0.25) is 4.79 Å². The minimum Gasteiger partial charge on any atom is -0.480 e. The van der Waals surface area contributed by atoms with Gasteiger partial charge in [-0.25, -0.2) is 4.79 Å². The first-order valence-corrected chi connectivity index (χ1v) is 6.95. The molecule has 1 unspecified atom stereocenters. The minimum atomic E-state index is -1.09. The summed E-state index contributed by atoms with van der Waals surface area (Å²) in [6.07, 6.45) is 0.212. The van der Waals surface area contributed by atoms with E-state index in [4.69, 9.17) is 5.73 Å². The van der Waals surface area contributed by atoms with Crippen molar-refractivity contribution < 1.29 is 14.7 Å².